The third-order valence-corrected chi connectivity index (χ3v) is 6.50. The van der Waals surface area contributed by atoms with E-state index < -0.39 is 0 Å². The Bertz CT molecular complexity index is 1280. The van der Waals surface area contributed by atoms with E-state index in [2.05, 4.69) is 20.6 Å². The molecule has 0 bridgehead atoms. The molecule has 0 atom stereocenters. The van der Waals surface area contributed by atoms with Gasteiger partial charge in [0.15, 0.2) is 10.3 Å². The molecule has 0 fully saturated rings. The Morgan fingerprint density at radius 1 is 0.969 bits per heavy atom. The molecule has 0 aliphatic rings. The Labute approximate surface area is 197 Å². The molecule has 2 aromatic carbocycles. The number of rotatable bonds is 6. The molecule has 0 aliphatic carbocycles. The molecule has 0 spiro atoms. The highest BCUT2D eigenvalue weighted by Crippen LogP contribution is 2.34. The Morgan fingerprint density at radius 3 is 2.41 bits per heavy atom. The first-order valence-electron chi connectivity index (χ1n) is 9.38. The van der Waals surface area contributed by atoms with Crippen molar-refractivity contribution in [3.63, 3.8) is 0 Å². The number of hydrogen-bond donors (Lipinski definition) is 2. The molecule has 2 amide bonds. The molecule has 32 heavy (non-hydrogen) atoms. The Kier molecular flexibility index (Phi) is 6.50. The number of aryl methyl sites for hydroxylation is 1. The summed E-state index contributed by atoms with van der Waals surface area (Å²) >= 11 is 8.58. The van der Waals surface area contributed by atoms with Crippen molar-refractivity contribution in [3.8, 4) is 16.3 Å². The van der Waals surface area contributed by atoms with Gasteiger partial charge in [-0.15, -0.1) is 11.3 Å². The predicted molar refractivity (Wildman–Crippen MR) is 128 cm³/mol. The number of carbonyl (C=O) groups is 2. The van der Waals surface area contributed by atoms with E-state index >= 15 is 0 Å². The molecule has 2 heterocycles. The van der Waals surface area contributed by atoms with Crippen LogP contribution in [0, 0.1) is 6.92 Å². The molecule has 162 valence electrons. The van der Waals surface area contributed by atoms with Crippen LogP contribution >= 0.6 is 34.3 Å². The molecule has 2 N–H and O–H groups in total. The average Bonchev–Trinajstić information content (AvgIpc) is 3.39. The second kappa shape index (κ2) is 9.47. The van der Waals surface area contributed by atoms with Gasteiger partial charge in [-0.1, -0.05) is 29.0 Å². The van der Waals surface area contributed by atoms with E-state index in [1.165, 1.54) is 22.7 Å². The van der Waals surface area contributed by atoms with Crippen LogP contribution in [0.2, 0.25) is 5.02 Å². The van der Waals surface area contributed by atoms with Crippen molar-refractivity contribution in [1.82, 2.24) is 9.97 Å². The zero-order valence-corrected chi connectivity index (χ0v) is 19.4. The van der Waals surface area contributed by atoms with Gasteiger partial charge < -0.3 is 4.74 Å². The van der Waals surface area contributed by atoms with Crippen LogP contribution in [0.4, 0.5) is 10.3 Å². The number of carbonyl (C=O) groups excluding carboxylic acids is 2. The van der Waals surface area contributed by atoms with Crippen LogP contribution in [0.15, 0.2) is 53.9 Å². The molecule has 0 unspecified atom stereocenters. The number of anilines is 2. The van der Waals surface area contributed by atoms with Gasteiger partial charge in [-0.25, -0.2) is 9.97 Å². The first-order chi connectivity index (χ1) is 15.4. The fourth-order valence-electron chi connectivity index (χ4n) is 2.83. The van der Waals surface area contributed by atoms with Crippen LogP contribution in [-0.2, 0) is 0 Å². The second-order valence-electron chi connectivity index (χ2n) is 6.62. The van der Waals surface area contributed by atoms with Crippen LogP contribution in [0.5, 0.6) is 5.75 Å². The van der Waals surface area contributed by atoms with Gasteiger partial charge in [-0.3, -0.25) is 20.2 Å². The first kappa shape index (κ1) is 21.9. The maximum Gasteiger partial charge on any atom is 0.257 e. The van der Waals surface area contributed by atoms with Crippen molar-refractivity contribution < 1.29 is 14.3 Å². The lowest BCUT2D eigenvalue weighted by Crippen LogP contribution is -2.11. The lowest BCUT2D eigenvalue weighted by atomic mass is 10.2. The van der Waals surface area contributed by atoms with Gasteiger partial charge in [0, 0.05) is 21.5 Å². The minimum atomic E-state index is -0.290. The molecule has 10 heteroatoms. The summed E-state index contributed by atoms with van der Waals surface area (Å²) in [6.07, 6.45) is 0. The number of aromatic nitrogens is 2. The van der Waals surface area contributed by atoms with E-state index in [4.69, 9.17) is 16.3 Å². The van der Waals surface area contributed by atoms with Crippen molar-refractivity contribution in [2.24, 2.45) is 0 Å². The number of nitrogens with zero attached hydrogens (tertiary/aromatic N) is 2. The van der Waals surface area contributed by atoms with Gasteiger partial charge in [0.2, 0.25) is 0 Å². The number of nitrogens with one attached hydrogen (secondary N) is 2. The van der Waals surface area contributed by atoms with E-state index in [0.717, 1.165) is 10.6 Å². The smallest absolute Gasteiger partial charge is 0.257 e. The van der Waals surface area contributed by atoms with Gasteiger partial charge in [-0.2, -0.15) is 0 Å². The van der Waals surface area contributed by atoms with Gasteiger partial charge in [0.25, 0.3) is 11.8 Å². The largest absolute Gasteiger partial charge is 0.497 e. The van der Waals surface area contributed by atoms with Gasteiger partial charge >= 0.3 is 0 Å². The minimum absolute atomic E-state index is 0.263. The highest BCUT2D eigenvalue weighted by atomic mass is 35.5. The summed E-state index contributed by atoms with van der Waals surface area (Å²) < 4.78 is 5.11. The summed E-state index contributed by atoms with van der Waals surface area (Å²) in [5.74, 6) is 0.123. The van der Waals surface area contributed by atoms with Crippen molar-refractivity contribution in [1.29, 1.82) is 0 Å². The third-order valence-electron chi connectivity index (χ3n) is 4.41. The number of benzene rings is 2. The molecule has 7 nitrogen and oxygen atoms in total. The molecule has 4 aromatic rings. The quantitative estimate of drug-likeness (QED) is 0.364. The van der Waals surface area contributed by atoms with E-state index in [0.29, 0.717) is 37.9 Å². The molecule has 0 saturated carbocycles. The molecule has 0 saturated heterocycles. The summed E-state index contributed by atoms with van der Waals surface area (Å²) in [6.45, 7) is 1.85. The number of halogens is 1. The number of methoxy groups -OCH3 is 1. The molecule has 0 radical (unpaired) electrons. The lowest BCUT2D eigenvalue weighted by molar-refractivity contribution is 0.101. The van der Waals surface area contributed by atoms with Crippen LogP contribution < -0.4 is 15.4 Å². The van der Waals surface area contributed by atoms with Crippen LogP contribution in [0.25, 0.3) is 10.6 Å². The SMILES string of the molecule is COc1ccc(C(=O)Nc2nc(C)c(-c3csc(NC(=O)c4cccc(Cl)c4)n3)s2)cc1. The second-order valence-corrected chi connectivity index (χ2v) is 8.91. The highest BCUT2D eigenvalue weighted by Gasteiger charge is 2.17. The monoisotopic (exact) mass is 484 g/mol. The Morgan fingerprint density at radius 2 is 1.69 bits per heavy atom. The first-order valence-corrected chi connectivity index (χ1v) is 11.5. The van der Waals surface area contributed by atoms with E-state index in [9.17, 15) is 9.59 Å². The third kappa shape index (κ3) is 4.96. The van der Waals surface area contributed by atoms with Crippen LogP contribution in [0.3, 0.4) is 0 Å². The number of ether oxygens (including phenoxy) is 1. The summed E-state index contributed by atoms with van der Waals surface area (Å²) in [4.78, 5) is 34.7. The van der Waals surface area contributed by atoms with Crippen molar-refractivity contribution in [3.05, 3.63) is 75.8 Å². The molecular formula is C22H17ClN4O3S2. The van der Waals surface area contributed by atoms with Crippen molar-refractivity contribution in [2.75, 3.05) is 17.7 Å². The van der Waals surface area contributed by atoms with Crippen molar-refractivity contribution in [2.45, 2.75) is 6.92 Å². The Hall–Kier alpha value is -3.27. The zero-order chi connectivity index (χ0) is 22.7. The topological polar surface area (TPSA) is 93.2 Å². The average molecular weight is 485 g/mol. The highest BCUT2D eigenvalue weighted by molar-refractivity contribution is 7.20. The van der Waals surface area contributed by atoms with Crippen LogP contribution in [-0.4, -0.2) is 28.9 Å². The number of amides is 2. The maximum absolute atomic E-state index is 12.5. The fraction of sp³-hybridized carbons (Fsp3) is 0.0909. The molecule has 0 aliphatic heterocycles. The Balaban J connectivity index is 1.46. The van der Waals surface area contributed by atoms with Crippen molar-refractivity contribution >= 4 is 56.4 Å². The van der Waals surface area contributed by atoms with E-state index in [-0.39, 0.29) is 11.8 Å². The minimum Gasteiger partial charge on any atom is -0.497 e. The molecule has 2 aromatic heterocycles. The normalized spacial score (nSPS) is 10.6. The molecular weight excluding hydrogens is 468 g/mol. The summed E-state index contributed by atoms with van der Waals surface area (Å²) in [5, 5.41) is 8.85. The standard InChI is InChI=1S/C22H17ClN4O3S2/c1-12-18(32-22(24-12)27-19(28)13-6-8-16(30-2)9-7-13)17-11-31-21(25-17)26-20(29)14-4-3-5-15(23)10-14/h3-11H,1-2H3,(H,24,27,28)(H,25,26,29). The molecule has 4 rings (SSSR count). The fourth-order valence-corrected chi connectivity index (χ4v) is 4.72. The van der Waals surface area contributed by atoms with Gasteiger partial charge in [-0.05, 0) is 49.4 Å². The maximum atomic E-state index is 12.5. The zero-order valence-electron chi connectivity index (χ0n) is 17.0. The summed E-state index contributed by atoms with van der Waals surface area (Å²) in [6, 6.07) is 13.5. The summed E-state index contributed by atoms with van der Waals surface area (Å²) in [5.41, 5.74) is 2.36. The lowest BCUT2D eigenvalue weighted by Gasteiger charge is -2.03. The van der Waals surface area contributed by atoms with E-state index in [1.807, 2.05) is 12.3 Å². The number of thiazole rings is 2. The number of hydrogen-bond acceptors (Lipinski definition) is 7. The predicted octanol–water partition coefficient (Wildman–Crippen LogP) is 5.74. The van der Waals surface area contributed by atoms with Crippen LogP contribution in [0.1, 0.15) is 26.4 Å². The summed E-state index contributed by atoms with van der Waals surface area (Å²) in [7, 11) is 1.57. The van der Waals surface area contributed by atoms with Gasteiger partial charge in [0.05, 0.1) is 23.4 Å². The van der Waals surface area contributed by atoms with Gasteiger partial charge in [0.1, 0.15) is 5.75 Å². The van der Waals surface area contributed by atoms with E-state index in [1.54, 1.807) is 55.6 Å².